The molecule has 0 aliphatic carbocycles. The number of aromatic amines is 1. The molecule has 3 rings (SSSR count). The lowest BCUT2D eigenvalue weighted by molar-refractivity contribution is -0.348. The van der Waals surface area contributed by atoms with Gasteiger partial charge in [-0.05, 0) is 31.2 Å². The van der Waals surface area contributed by atoms with Gasteiger partial charge in [-0.2, -0.15) is 5.26 Å². The maximum absolute atomic E-state index is 9.40. The SMILES string of the molecule is Cc1ccc(-c2cc(-c3ccccc3Cl)c(C#N)c(N)[nH+]2)o1. The van der Waals surface area contributed by atoms with E-state index in [4.69, 9.17) is 21.8 Å². The average molecular weight is 311 g/mol. The van der Waals surface area contributed by atoms with E-state index in [-0.39, 0.29) is 5.82 Å². The van der Waals surface area contributed by atoms with Crippen molar-refractivity contribution in [2.45, 2.75) is 6.92 Å². The fourth-order valence-corrected chi connectivity index (χ4v) is 2.57. The minimum atomic E-state index is 0.281. The Labute approximate surface area is 132 Å². The first-order valence-corrected chi connectivity index (χ1v) is 7.05. The van der Waals surface area contributed by atoms with E-state index in [9.17, 15) is 5.26 Å². The second-order valence-corrected chi connectivity index (χ2v) is 5.29. The fourth-order valence-electron chi connectivity index (χ4n) is 2.33. The number of aryl methyl sites for hydroxylation is 1. The summed E-state index contributed by atoms with van der Waals surface area (Å²) in [6.45, 7) is 1.87. The summed E-state index contributed by atoms with van der Waals surface area (Å²) < 4.78 is 5.62. The number of halogens is 1. The van der Waals surface area contributed by atoms with Crippen LogP contribution in [0.5, 0.6) is 0 Å². The molecule has 108 valence electrons. The minimum Gasteiger partial charge on any atom is -0.458 e. The van der Waals surface area contributed by atoms with E-state index in [1.54, 1.807) is 6.07 Å². The first kappa shape index (κ1) is 14.2. The van der Waals surface area contributed by atoms with Crippen LogP contribution in [0, 0.1) is 18.3 Å². The number of pyridine rings is 1. The summed E-state index contributed by atoms with van der Waals surface area (Å²) in [4.78, 5) is 3.00. The number of hydrogen-bond acceptors (Lipinski definition) is 3. The molecule has 0 aliphatic heterocycles. The molecule has 0 radical (unpaired) electrons. The lowest BCUT2D eigenvalue weighted by Crippen LogP contribution is -2.16. The van der Waals surface area contributed by atoms with Crippen molar-refractivity contribution in [2.75, 3.05) is 5.73 Å². The molecule has 0 spiro atoms. The number of H-pyrrole nitrogens is 1. The number of benzene rings is 1. The third kappa shape index (κ3) is 2.43. The molecule has 0 saturated carbocycles. The summed E-state index contributed by atoms with van der Waals surface area (Å²) in [7, 11) is 0. The van der Waals surface area contributed by atoms with Gasteiger partial charge in [0.25, 0.3) is 5.82 Å². The minimum absolute atomic E-state index is 0.281. The predicted octanol–water partition coefficient (Wildman–Crippen LogP) is 3.84. The van der Waals surface area contributed by atoms with Crippen molar-refractivity contribution in [3.05, 3.63) is 58.8 Å². The van der Waals surface area contributed by atoms with Gasteiger partial charge in [0.05, 0.1) is 0 Å². The first-order valence-electron chi connectivity index (χ1n) is 6.67. The number of anilines is 1. The molecule has 2 aromatic heterocycles. The van der Waals surface area contributed by atoms with Crippen molar-refractivity contribution in [1.29, 1.82) is 5.26 Å². The molecule has 0 unspecified atom stereocenters. The van der Waals surface area contributed by atoms with Crippen LogP contribution in [0.2, 0.25) is 5.02 Å². The zero-order valence-electron chi connectivity index (χ0n) is 11.9. The van der Waals surface area contributed by atoms with E-state index in [1.807, 2.05) is 43.3 Å². The Balaban J connectivity index is 2.27. The third-order valence-corrected chi connectivity index (χ3v) is 3.71. The largest absolute Gasteiger partial charge is 0.458 e. The Bertz CT molecular complexity index is 893. The number of furan rings is 1. The van der Waals surface area contributed by atoms with Crippen molar-refractivity contribution in [3.63, 3.8) is 0 Å². The molecule has 4 nitrogen and oxygen atoms in total. The average Bonchev–Trinajstić information content (AvgIpc) is 2.93. The normalized spacial score (nSPS) is 10.4. The van der Waals surface area contributed by atoms with Gasteiger partial charge in [-0.1, -0.05) is 29.8 Å². The van der Waals surface area contributed by atoms with Gasteiger partial charge in [0, 0.05) is 16.1 Å². The zero-order chi connectivity index (χ0) is 15.7. The molecule has 3 aromatic rings. The highest BCUT2D eigenvalue weighted by atomic mass is 35.5. The number of hydrogen-bond donors (Lipinski definition) is 1. The molecule has 0 aliphatic rings. The second kappa shape index (κ2) is 5.55. The summed E-state index contributed by atoms with van der Waals surface area (Å²) in [6, 6.07) is 15.0. The highest BCUT2D eigenvalue weighted by molar-refractivity contribution is 6.33. The highest BCUT2D eigenvalue weighted by Crippen LogP contribution is 2.33. The smallest absolute Gasteiger partial charge is 0.289 e. The Hall–Kier alpha value is -2.77. The molecule has 0 amide bonds. The lowest BCUT2D eigenvalue weighted by atomic mass is 10.00. The number of nitriles is 1. The molecule has 0 atom stereocenters. The topological polar surface area (TPSA) is 77.1 Å². The van der Waals surface area contributed by atoms with Crippen LogP contribution >= 0.6 is 11.6 Å². The molecule has 5 heteroatoms. The van der Waals surface area contributed by atoms with Crippen molar-refractivity contribution in [1.82, 2.24) is 0 Å². The van der Waals surface area contributed by atoms with E-state index in [0.29, 0.717) is 27.6 Å². The van der Waals surface area contributed by atoms with Crippen LogP contribution in [0.1, 0.15) is 11.3 Å². The van der Waals surface area contributed by atoms with Crippen LogP contribution in [-0.4, -0.2) is 0 Å². The number of nitrogens with one attached hydrogen (secondary N) is 1. The predicted molar refractivity (Wildman–Crippen MR) is 85.0 cm³/mol. The molecule has 1 aromatic carbocycles. The molecule has 0 saturated heterocycles. The highest BCUT2D eigenvalue weighted by Gasteiger charge is 2.19. The van der Waals surface area contributed by atoms with Crippen molar-refractivity contribution in [2.24, 2.45) is 0 Å². The lowest BCUT2D eigenvalue weighted by Gasteiger charge is -2.07. The quantitative estimate of drug-likeness (QED) is 0.781. The maximum Gasteiger partial charge on any atom is 0.289 e. The Morgan fingerprint density at radius 2 is 1.95 bits per heavy atom. The van der Waals surface area contributed by atoms with Gasteiger partial charge in [-0.15, -0.1) is 0 Å². The van der Waals surface area contributed by atoms with Gasteiger partial charge >= 0.3 is 0 Å². The van der Waals surface area contributed by atoms with Gasteiger partial charge in [-0.25, -0.2) is 4.98 Å². The summed E-state index contributed by atoms with van der Waals surface area (Å²) in [5.74, 6) is 1.73. The summed E-state index contributed by atoms with van der Waals surface area (Å²) in [5, 5.41) is 9.96. The van der Waals surface area contributed by atoms with Gasteiger partial charge < -0.3 is 4.42 Å². The van der Waals surface area contributed by atoms with Crippen molar-refractivity contribution in [3.8, 4) is 28.7 Å². The summed E-state index contributed by atoms with van der Waals surface area (Å²) in [6.07, 6.45) is 0. The van der Waals surface area contributed by atoms with Gasteiger partial charge in [0.15, 0.2) is 11.5 Å². The molecular weight excluding hydrogens is 298 g/mol. The van der Waals surface area contributed by atoms with Crippen LogP contribution in [0.4, 0.5) is 5.82 Å². The fraction of sp³-hybridized carbons (Fsp3) is 0.0588. The monoisotopic (exact) mass is 310 g/mol. The Kier molecular flexibility index (Phi) is 3.58. The van der Waals surface area contributed by atoms with Crippen LogP contribution in [0.3, 0.4) is 0 Å². The van der Waals surface area contributed by atoms with Crippen LogP contribution < -0.4 is 10.7 Å². The van der Waals surface area contributed by atoms with E-state index in [2.05, 4.69) is 11.1 Å². The Morgan fingerprint density at radius 1 is 1.18 bits per heavy atom. The number of nitrogens with two attached hydrogens (primary N) is 1. The van der Waals surface area contributed by atoms with Crippen LogP contribution in [0.25, 0.3) is 22.6 Å². The standard InChI is InChI=1S/C17H12ClN3O/c1-10-6-7-16(22-10)15-8-12(13(9-19)17(20)21-15)11-4-2-3-5-14(11)18/h2-8H,1H3,(H2,20,21)/p+1. The van der Waals surface area contributed by atoms with E-state index in [0.717, 1.165) is 11.3 Å². The summed E-state index contributed by atoms with van der Waals surface area (Å²) in [5.41, 5.74) is 8.49. The third-order valence-electron chi connectivity index (χ3n) is 3.38. The number of nitrogens with zero attached hydrogens (tertiary/aromatic N) is 1. The first-order chi connectivity index (χ1) is 10.6. The number of rotatable bonds is 2. The number of aromatic nitrogens is 1. The molecule has 22 heavy (non-hydrogen) atoms. The van der Waals surface area contributed by atoms with Crippen molar-refractivity contribution < 1.29 is 9.40 Å². The second-order valence-electron chi connectivity index (χ2n) is 4.89. The van der Waals surface area contributed by atoms with E-state index < -0.39 is 0 Å². The molecule has 3 N–H and O–H groups in total. The Morgan fingerprint density at radius 3 is 2.59 bits per heavy atom. The molecule has 2 heterocycles. The molecular formula is C17H13ClN3O+. The van der Waals surface area contributed by atoms with E-state index >= 15 is 0 Å². The zero-order valence-corrected chi connectivity index (χ0v) is 12.6. The van der Waals surface area contributed by atoms with Crippen LogP contribution in [-0.2, 0) is 0 Å². The molecule has 0 bridgehead atoms. The molecule has 0 fully saturated rings. The maximum atomic E-state index is 9.40. The van der Waals surface area contributed by atoms with Crippen molar-refractivity contribution >= 4 is 17.4 Å². The summed E-state index contributed by atoms with van der Waals surface area (Å²) >= 11 is 6.26. The van der Waals surface area contributed by atoms with Gasteiger partial charge in [-0.3, -0.25) is 5.73 Å². The van der Waals surface area contributed by atoms with E-state index in [1.165, 1.54) is 0 Å². The van der Waals surface area contributed by atoms with Gasteiger partial charge in [0.2, 0.25) is 0 Å². The number of nitrogen functional groups attached to an aromatic ring is 1. The van der Waals surface area contributed by atoms with Gasteiger partial charge in [0.1, 0.15) is 17.4 Å². The van der Waals surface area contributed by atoms with Crippen LogP contribution in [0.15, 0.2) is 46.9 Å².